The number of non-ortho nitro benzene ring substituents is 1. The molecule has 0 heterocycles. The van der Waals surface area contributed by atoms with Crippen LogP contribution >= 0.6 is 0 Å². The van der Waals surface area contributed by atoms with Crippen molar-refractivity contribution < 1.29 is 14.5 Å². The number of nitriles is 1. The molecule has 1 aromatic rings. The zero-order chi connectivity index (χ0) is 12.1. The van der Waals surface area contributed by atoms with Gasteiger partial charge in [-0.2, -0.15) is 5.26 Å². The third kappa shape index (κ3) is 2.54. The molecule has 1 unspecified atom stereocenters. The number of benzene rings is 1. The van der Waals surface area contributed by atoms with E-state index in [1.165, 1.54) is 19.1 Å². The Hall–Kier alpha value is -2.42. The molecule has 6 heteroatoms. The number of carbonyl (C=O) groups is 1. The molecule has 0 saturated carbocycles. The van der Waals surface area contributed by atoms with Crippen molar-refractivity contribution in [1.82, 2.24) is 0 Å². The standard InChI is InChI=1S/C10H8N2O4/c1-7(5-11)16-10-3-2-9(12(14)15)4-8(10)6-13/h2-4,6-7H,1H3. The van der Waals surface area contributed by atoms with Gasteiger partial charge in [0.1, 0.15) is 11.8 Å². The molecule has 0 fully saturated rings. The zero-order valence-corrected chi connectivity index (χ0v) is 8.41. The minimum atomic E-state index is -0.722. The Morgan fingerprint density at radius 3 is 2.81 bits per heavy atom. The van der Waals surface area contributed by atoms with Gasteiger partial charge in [0, 0.05) is 12.1 Å². The van der Waals surface area contributed by atoms with Gasteiger partial charge in [-0.15, -0.1) is 0 Å². The van der Waals surface area contributed by atoms with Crippen LogP contribution in [0.4, 0.5) is 5.69 Å². The number of aldehydes is 1. The molecule has 1 aromatic carbocycles. The molecule has 82 valence electrons. The molecule has 0 radical (unpaired) electrons. The van der Waals surface area contributed by atoms with Crippen LogP contribution in [-0.2, 0) is 0 Å². The third-order valence-electron chi connectivity index (χ3n) is 1.82. The Balaban J connectivity index is 3.08. The van der Waals surface area contributed by atoms with Crippen molar-refractivity contribution in [3.05, 3.63) is 33.9 Å². The highest BCUT2D eigenvalue weighted by Crippen LogP contribution is 2.23. The van der Waals surface area contributed by atoms with E-state index in [0.29, 0.717) is 6.29 Å². The first-order valence-corrected chi connectivity index (χ1v) is 4.38. The molecular formula is C10H8N2O4. The van der Waals surface area contributed by atoms with Crippen molar-refractivity contribution in [1.29, 1.82) is 5.26 Å². The van der Waals surface area contributed by atoms with Gasteiger partial charge in [-0.3, -0.25) is 14.9 Å². The van der Waals surface area contributed by atoms with E-state index in [2.05, 4.69) is 0 Å². The summed E-state index contributed by atoms with van der Waals surface area (Å²) in [4.78, 5) is 20.5. The van der Waals surface area contributed by atoms with Crippen molar-refractivity contribution >= 4 is 12.0 Å². The van der Waals surface area contributed by atoms with Crippen molar-refractivity contribution in [3.63, 3.8) is 0 Å². The molecule has 0 bridgehead atoms. The van der Waals surface area contributed by atoms with Gasteiger partial charge in [0.25, 0.3) is 5.69 Å². The fourth-order valence-corrected chi connectivity index (χ4v) is 1.07. The molecule has 0 aliphatic heterocycles. The second kappa shape index (κ2) is 4.89. The van der Waals surface area contributed by atoms with Gasteiger partial charge in [-0.1, -0.05) is 0 Å². The van der Waals surface area contributed by atoms with Crippen LogP contribution in [0.1, 0.15) is 17.3 Å². The van der Waals surface area contributed by atoms with Gasteiger partial charge >= 0.3 is 0 Å². The quantitative estimate of drug-likeness (QED) is 0.437. The van der Waals surface area contributed by atoms with Crippen LogP contribution in [0.5, 0.6) is 5.75 Å². The van der Waals surface area contributed by atoms with E-state index in [1.807, 2.05) is 6.07 Å². The lowest BCUT2D eigenvalue weighted by Gasteiger charge is -2.09. The predicted octanol–water partition coefficient (Wildman–Crippen LogP) is 1.70. The highest BCUT2D eigenvalue weighted by molar-refractivity contribution is 5.80. The normalized spacial score (nSPS) is 11.2. The monoisotopic (exact) mass is 220 g/mol. The first-order valence-electron chi connectivity index (χ1n) is 4.38. The molecule has 0 aromatic heterocycles. The topological polar surface area (TPSA) is 93.2 Å². The van der Waals surface area contributed by atoms with E-state index in [9.17, 15) is 14.9 Å². The first kappa shape index (κ1) is 11.7. The second-order valence-corrected chi connectivity index (χ2v) is 2.99. The number of carbonyl (C=O) groups excluding carboxylic acids is 1. The van der Waals surface area contributed by atoms with Gasteiger partial charge in [-0.05, 0) is 13.0 Å². The molecule has 0 amide bonds. The minimum absolute atomic E-state index is 0.0521. The van der Waals surface area contributed by atoms with Crippen LogP contribution < -0.4 is 4.74 Å². The highest BCUT2D eigenvalue weighted by Gasteiger charge is 2.12. The number of nitrogens with zero attached hydrogens (tertiary/aromatic N) is 2. The second-order valence-electron chi connectivity index (χ2n) is 2.99. The number of nitro groups is 1. The third-order valence-corrected chi connectivity index (χ3v) is 1.82. The molecule has 16 heavy (non-hydrogen) atoms. The van der Waals surface area contributed by atoms with Gasteiger partial charge < -0.3 is 4.74 Å². The van der Waals surface area contributed by atoms with E-state index in [1.54, 1.807) is 0 Å². The molecule has 0 aliphatic carbocycles. The molecule has 0 spiro atoms. The predicted molar refractivity (Wildman–Crippen MR) is 54.2 cm³/mol. The van der Waals surface area contributed by atoms with E-state index in [4.69, 9.17) is 10.00 Å². The number of hydrogen-bond donors (Lipinski definition) is 0. The van der Waals surface area contributed by atoms with Gasteiger partial charge in [0.15, 0.2) is 12.4 Å². The number of ether oxygens (including phenoxy) is 1. The maximum Gasteiger partial charge on any atom is 0.270 e. The summed E-state index contributed by atoms with van der Waals surface area (Å²) in [6, 6.07) is 5.45. The van der Waals surface area contributed by atoms with Gasteiger partial charge in [-0.25, -0.2) is 0 Å². The minimum Gasteiger partial charge on any atom is -0.475 e. The van der Waals surface area contributed by atoms with E-state index >= 15 is 0 Å². The molecule has 1 rings (SSSR count). The van der Waals surface area contributed by atoms with E-state index in [-0.39, 0.29) is 17.0 Å². The SMILES string of the molecule is CC(C#N)Oc1ccc([N+](=O)[O-])cc1C=O. The highest BCUT2D eigenvalue weighted by atomic mass is 16.6. The molecule has 6 nitrogen and oxygen atoms in total. The smallest absolute Gasteiger partial charge is 0.270 e. The van der Waals surface area contributed by atoms with Crippen LogP contribution in [0.25, 0.3) is 0 Å². The van der Waals surface area contributed by atoms with Crippen molar-refractivity contribution in [2.75, 3.05) is 0 Å². The summed E-state index contributed by atoms with van der Waals surface area (Å²) in [7, 11) is 0. The van der Waals surface area contributed by atoms with Crippen LogP contribution in [0.2, 0.25) is 0 Å². The molecule has 0 saturated heterocycles. The summed E-state index contributed by atoms with van der Waals surface area (Å²) in [6.45, 7) is 1.51. The fourth-order valence-electron chi connectivity index (χ4n) is 1.07. The summed E-state index contributed by atoms with van der Waals surface area (Å²) in [5, 5.41) is 19.0. The lowest BCUT2D eigenvalue weighted by atomic mass is 10.2. The van der Waals surface area contributed by atoms with E-state index in [0.717, 1.165) is 6.07 Å². The largest absolute Gasteiger partial charge is 0.475 e. The molecule has 0 aliphatic rings. The first-order chi connectivity index (χ1) is 7.58. The van der Waals surface area contributed by atoms with Crippen molar-refractivity contribution in [2.45, 2.75) is 13.0 Å². The summed E-state index contributed by atoms with van der Waals surface area (Å²) in [6.07, 6.45) is -0.271. The summed E-state index contributed by atoms with van der Waals surface area (Å²) < 4.78 is 5.11. The average Bonchev–Trinajstić information content (AvgIpc) is 2.29. The van der Waals surface area contributed by atoms with Crippen LogP contribution in [0.15, 0.2) is 18.2 Å². The Morgan fingerprint density at radius 2 is 2.31 bits per heavy atom. The number of rotatable bonds is 4. The van der Waals surface area contributed by atoms with Crippen molar-refractivity contribution in [2.24, 2.45) is 0 Å². The van der Waals surface area contributed by atoms with Crippen LogP contribution in [0, 0.1) is 21.4 Å². The Bertz CT molecular complexity index is 464. The number of hydrogen-bond acceptors (Lipinski definition) is 5. The number of nitro benzene ring substituents is 1. The fraction of sp³-hybridized carbons (Fsp3) is 0.200. The molecule has 1 atom stereocenters. The lowest BCUT2D eigenvalue weighted by Crippen LogP contribution is -2.09. The molecular weight excluding hydrogens is 212 g/mol. The van der Waals surface area contributed by atoms with Crippen LogP contribution in [-0.4, -0.2) is 17.3 Å². The Kier molecular flexibility index (Phi) is 3.56. The van der Waals surface area contributed by atoms with Crippen LogP contribution in [0.3, 0.4) is 0 Å². The Morgan fingerprint density at radius 1 is 1.62 bits per heavy atom. The lowest BCUT2D eigenvalue weighted by molar-refractivity contribution is -0.384. The van der Waals surface area contributed by atoms with Gasteiger partial charge in [0.2, 0.25) is 0 Å². The summed E-state index contributed by atoms with van der Waals surface area (Å²) >= 11 is 0. The average molecular weight is 220 g/mol. The van der Waals surface area contributed by atoms with Crippen molar-refractivity contribution in [3.8, 4) is 11.8 Å². The van der Waals surface area contributed by atoms with E-state index < -0.39 is 11.0 Å². The van der Waals surface area contributed by atoms with Gasteiger partial charge in [0.05, 0.1) is 10.5 Å². The summed E-state index contributed by atoms with van der Waals surface area (Å²) in [5.41, 5.74) is -0.143. The summed E-state index contributed by atoms with van der Waals surface area (Å²) in [5.74, 6) is 0.162. The molecule has 0 N–H and O–H groups in total. The maximum absolute atomic E-state index is 10.7. The Labute approximate surface area is 91.2 Å². The maximum atomic E-state index is 10.7. The zero-order valence-electron chi connectivity index (χ0n) is 8.41.